The van der Waals surface area contributed by atoms with E-state index in [0.29, 0.717) is 5.75 Å². The first kappa shape index (κ1) is 28.4. The summed E-state index contributed by atoms with van der Waals surface area (Å²) >= 11 is 0. The number of nitrogens with one attached hydrogen (secondary N) is 1. The second-order valence-corrected chi connectivity index (χ2v) is 10.5. The smallest absolute Gasteiger partial charge is 0.490 e. The Bertz CT molecular complexity index is 1480. The summed E-state index contributed by atoms with van der Waals surface area (Å²) in [5, 5.41) is 18.1. The number of benzene rings is 2. The molecule has 0 amide bonds. The normalized spacial score (nSPS) is 17.2. The van der Waals surface area contributed by atoms with Gasteiger partial charge in [-0.3, -0.25) is 14.8 Å². The molecular weight excluding hydrogens is 537 g/mol. The number of H-pyrrole nitrogens is 1. The Morgan fingerprint density at radius 2 is 1.73 bits per heavy atom. The third-order valence-corrected chi connectivity index (χ3v) is 7.52. The highest BCUT2D eigenvalue weighted by Gasteiger charge is 2.41. The molecule has 2 aromatic heterocycles. The van der Waals surface area contributed by atoms with E-state index in [9.17, 15) is 18.3 Å². The number of likely N-dealkylation sites (tertiary alicyclic amines) is 1. The van der Waals surface area contributed by atoms with Crippen molar-refractivity contribution in [1.29, 1.82) is 0 Å². The maximum Gasteiger partial charge on any atom is 0.490 e. The summed E-state index contributed by atoms with van der Waals surface area (Å²) in [4.78, 5) is 21.5. The van der Waals surface area contributed by atoms with Crippen molar-refractivity contribution in [1.82, 2.24) is 19.8 Å². The van der Waals surface area contributed by atoms with Crippen LogP contribution in [0.3, 0.4) is 0 Å². The molecule has 2 aromatic carbocycles. The molecule has 0 radical (unpaired) electrons. The van der Waals surface area contributed by atoms with Crippen molar-refractivity contribution in [2.75, 3.05) is 19.6 Å². The number of aromatic hydroxyl groups is 1. The van der Waals surface area contributed by atoms with E-state index in [1.54, 1.807) is 12.1 Å². The topological polar surface area (TPSA) is 102 Å². The van der Waals surface area contributed by atoms with Crippen LogP contribution in [-0.4, -0.2) is 67.4 Å². The van der Waals surface area contributed by atoms with Gasteiger partial charge in [-0.25, -0.2) is 4.79 Å². The molecule has 216 valence electrons. The third kappa shape index (κ3) is 6.98. The van der Waals surface area contributed by atoms with Crippen molar-refractivity contribution in [2.45, 2.75) is 44.3 Å². The SMILES string of the molecule is O=C(O)C(F)(F)F.Oc1ccc(CN2Cc3ccccc3OC3(CCN(Cc4c[nH]c5cnccc45)CC3)C2)cc1. The van der Waals surface area contributed by atoms with E-state index in [-0.39, 0.29) is 5.60 Å². The molecule has 0 saturated carbocycles. The number of carboxylic acids is 1. The van der Waals surface area contributed by atoms with Gasteiger partial charge in [0, 0.05) is 75.5 Å². The minimum Gasteiger partial charge on any atom is -0.508 e. The first-order valence-corrected chi connectivity index (χ1v) is 13.3. The molecule has 0 aliphatic carbocycles. The molecule has 2 aliphatic heterocycles. The van der Waals surface area contributed by atoms with E-state index in [4.69, 9.17) is 14.6 Å². The Morgan fingerprint density at radius 3 is 2.44 bits per heavy atom. The molecule has 3 N–H and O–H groups in total. The number of hydrogen-bond acceptors (Lipinski definition) is 6. The number of fused-ring (bicyclic) bond motifs is 2. The van der Waals surface area contributed by atoms with Gasteiger partial charge in [-0.1, -0.05) is 30.3 Å². The van der Waals surface area contributed by atoms with Crippen LogP contribution in [0.4, 0.5) is 13.2 Å². The van der Waals surface area contributed by atoms with E-state index in [0.717, 1.165) is 63.4 Å². The zero-order valence-electron chi connectivity index (χ0n) is 22.3. The van der Waals surface area contributed by atoms with Gasteiger partial charge in [0.05, 0.1) is 11.7 Å². The van der Waals surface area contributed by atoms with Gasteiger partial charge in [-0.05, 0) is 35.4 Å². The number of piperidine rings is 1. The van der Waals surface area contributed by atoms with Crippen LogP contribution in [0.25, 0.3) is 10.9 Å². The van der Waals surface area contributed by atoms with Gasteiger partial charge in [0.2, 0.25) is 0 Å². The monoisotopic (exact) mass is 568 g/mol. The second kappa shape index (κ2) is 11.8. The Morgan fingerprint density at radius 1 is 1.02 bits per heavy atom. The van der Waals surface area contributed by atoms with Crippen LogP contribution in [0.2, 0.25) is 0 Å². The number of para-hydroxylation sites is 1. The number of carboxylic acid groups (broad SMARTS) is 1. The molecule has 11 heteroatoms. The summed E-state index contributed by atoms with van der Waals surface area (Å²) in [6, 6.07) is 18.1. The van der Waals surface area contributed by atoms with E-state index in [2.05, 4.69) is 56.3 Å². The quantitative estimate of drug-likeness (QED) is 0.306. The average Bonchev–Trinajstić information content (AvgIpc) is 3.27. The number of phenolic OH excluding ortho intramolecular Hbond substituents is 1. The van der Waals surface area contributed by atoms with Crippen LogP contribution in [0.1, 0.15) is 29.5 Å². The maximum absolute atomic E-state index is 10.6. The molecule has 41 heavy (non-hydrogen) atoms. The minimum absolute atomic E-state index is 0.190. The fourth-order valence-corrected chi connectivity index (χ4v) is 5.46. The van der Waals surface area contributed by atoms with Crippen molar-refractivity contribution in [3.8, 4) is 11.5 Å². The number of phenols is 1. The lowest BCUT2D eigenvalue weighted by atomic mass is 9.90. The van der Waals surface area contributed by atoms with Crippen LogP contribution in [0.5, 0.6) is 11.5 Å². The summed E-state index contributed by atoms with van der Waals surface area (Å²) in [6.07, 6.45) is 2.79. The van der Waals surface area contributed by atoms with Crippen LogP contribution in [0, 0.1) is 0 Å². The Labute approximate surface area is 235 Å². The summed E-state index contributed by atoms with van der Waals surface area (Å²) in [5.74, 6) is -1.43. The average molecular weight is 569 g/mol. The first-order chi connectivity index (χ1) is 19.6. The molecule has 0 unspecified atom stereocenters. The van der Waals surface area contributed by atoms with Crippen LogP contribution >= 0.6 is 0 Å². The maximum atomic E-state index is 10.6. The van der Waals surface area contributed by atoms with Gasteiger partial charge in [0.1, 0.15) is 17.1 Å². The van der Waals surface area contributed by atoms with Gasteiger partial charge in [0.25, 0.3) is 0 Å². The molecule has 4 aromatic rings. The fourth-order valence-electron chi connectivity index (χ4n) is 5.46. The molecule has 1 saturated heterocycles. The van der Waals surface area contributed by atoms with Gasteiger partial charge in [-0.2, -0.15) is 13.2 Å². The number of alkyl halides is 3. The fraction of sp³-hybridized carbons (Fsp3) is 0.333. The predicted octanol–water partition coefficient (Wildman–Crippen LogP) is 5.33. The number of halogens is 3. The van der Waals surface area contributed by atoms with Gasteiger partial charge >= 0.3 is 12.1 Å². The molecule has 1 fully saturated rings. The first-order valence-electron chi connectivity index (χ1n) is 13.3. The number of ether oxygens (including phenoxy) is 1. The number of aromatic amines is 1. The van der Waals surface area contributed by atoms with Gasteiger partial charge in [-0.15, -0.1) is 0 Å². The molecule has 0 atom stereocenters. The van der Waals surface area contributed by atoms with Crippen molar-refractivity contribution < 1.29 is 32.9 Å². The highest BCUT2D eigenvalue weighted by atomic mass is 19.4. The molecule has 8 nitrogen and oxygen atoms in total. The minimum atomic E-state index is -5.08. The van der Waals surface area contributed by atoms with E-state index >= 15 is 0 Å². The Kier molecular flexibility index (Phi) is 8.18. The zero-order valence-corrected chi connectivity index (χ0v) is 22.3. The van der Waals surface area contributed by atoms with Crippen LogP contribution in [-0.2, 0) is 24.4 Å². The van der Waals surface area contributed by atoms with Gasteiger partial charge in [0.15, 0.2) is 0 Å². The number of rotatable bonds is 4. The van der Waals surface area contributed by atoms with Crippen LogP contribution < -0.4 is 4.74 Å². The predicted molar refractivity (Wildman–Crippen MR) is 146 cm³/mol. The van der Waals surface area contributed by atoms with Crippen molar-refractivity contribution in [3.05, 3.63) is 89.9 Å². The van der Waals surface area contributed by atoms with Gasteiger partial charge < -0.3 is 19.9 Å². The summed E-state index contributed by atoms with van der Waals surface area (Å²) in [5.41, 5.74) is 4.69. The highest BCUT2D eigenvalue weighted by molar-refractivity contribution is 5.82. The summed E-state index contributed by atoms with van der Waals surface area (Å²) in [6.45, 7) is 5.56. The second-order valence-electron chi connectivity index (χ2n) is 10.5. The molecule has 6 rings (SSSR count). The van der Waals surface area contributed by atoms with Crippen molar-refractivity contribution in [2.24, 2.45) is 0 Å². The zero-order chi connectivity index (χ0) is 29.0. The van der Waals surface area contributed by atoms with Crippen molar-refractivity contribution >= 4 is 16.9 Å². The molecule has 2 aliphatic rings. The van der Waals surface area contributed by atoms with Crippen LogP contribution in [0.15, 0.2) is 73.2 Å². The summed E-state index contributed by atoms with van der Waals surface area (Å²) in [7, 11) is 0. The number of nitrogens with zero attached hydrogens (tertiary/aromatic N) is 3. The lowest BCUT2D eigenvalue weighted by Crippen LogP contribution is -2.53. The largest absolute Gasteiger partial charge is 0.508 e. The number of aliphatic carboxylic acids is 1. The molecule has 1 spiro atoms. The highest BCUT2D eigenvalue weighted by Crippen LogP contribution is 2.36. The Balaban J connectivity index is 0.000000431. The number of hydrogen-bond donors (Lipinski definition) is 3. The van der Waals surface area contributed by atoms with E-state index < -0.39 is 12.1 Å². The molecular formula is C30H31F3N4O4. The van der Waals surface area contributed by atoms with E-state index in [1.165, 1.54) is 22.1 Å². The number of carbonyl (C=O) groups is 1. The molecule has 4 heterocycles. The third-order valence-electron chi connectivity index (χ3n) is 7.52. The van der Waals surface area contributed by atoms with Crippen molar-refractivity contribution in [3.63, 3.8) is 0 Å². The molecule has 0 bridgehead atoms. The Hall–Kier alpha value is -4.09. The number of pyridine rings is 1. The van der Waals surface area contributed by atoms with E-state index in [1.807, 2.05) is 24.5 Å². The summed E-state index contributed by atoms with van der Waals surface area (Å²) < 4.78 is 38.5. The lowest BCUT2D eigenvalue weighted by Gasteiger charge is -2.43. The standard InChI is InChI=1S/C28H30N4O2.C2HF3O2/c33-24-7-5-21(6-8-24)17-32-18-22-3-1-2-4-27(22)34-28(20-32)10-13-31(14-11-28)19-23-15-30-26-16-29-12-9-25(23)26;3-2(4,5)1(6)7/h1-9,12,15-16,30,33H,10-11,13-14,17-20H2;(H,6,7). The lowest BCUT2D eigenvalue weighted by molar-refractivity contribution is -0.192. The number of aromatic nitrogens is 2.